The first-order valence-corrected chi connectivity index (χ1v) is 10.2. The summed E-state index contributed by atoms with van der Waals surface area (Å²) in [6, 6.07) is 18.6. The topological polar surface area (TPSA) is 61.8 Å². The molecule has 0 aliphatic rings. The van der Waals surface area contributed by atoms with Gasteiger partial charge in [-0.05, 0) is 12.8 Å². The molecule has 2 rings (SSSR count). The quantitative estimate of drug-likeness (QED) is 0.310. The summed E-state index contributed by atoms with van der Waals surface area (Å²) in [4.78, 5) is 23.8. The van der Waals surface area contributed by atoms with Crippen molar-refractivity contribution in [1.82, 2.24) is 0 Å². The fourth-order valence-electron chi connectivity index (χ4n) is 2.75. The van der Waals surface area contributed by atoms with Gasteiger partial charge in [-0.3, -0.25) is 9.59 Å². The maximum absolute atomic E-state index is 11.9. The van der Waals surface area contributed by atoms with Crippen LogP contribution in [-0.2, 0) is 14.2 Å². The predicted molar refractivity (Wildman–Crippen MR) is 112 cm³/mol. The van der Waals surface area contributed by atoms with Crippen molar-refractivity contribution in [2.45, 2.75) is 25.7 Å². The van der Waals surface area contributed by atoms with Crippen molar-refractivity contribution < 1.29 is 23.8 Å². The summed E-state index contributed by atoms with van der Waals surface area (Å²) in [5, 5.41) is 0. The number of Topliss-reactive ketones (excluding diaryl/α,β-unsaturated/α-hetero) is 2. The highest BCUT2D eigenvalue weighted by molar-refractivity contribution is 5.96. The lowest BCUT2D eigenvalue weighted by Crippen LogP contribution is -2.11. The van der Waals surface area contributed by atoms with E-state index >= 15 is 0 Å². The Morgan fingerprint density at radius 1 is 0.517 bits per heavy atom. The molecule has 5 nitrogen and oxygen atoms in total. The van der Waals surface area contributed by atoms with E-state index in [0.717, 1.165) is 11.1 Å². The zero-order valence-electron chi connectivity index (χ0n) is 16.9. The van der Waals surface area contributed by atoms with Crippen LogP contribution in [0.15, 0.2) is 60.7 Å². The molecule has 0 heterocycles. The summed E-state index contributed by atoms with van der Waals surface area (Å²) < 4.78 is 16.4. The Morgan fingerprint density at radius 2 is 0.862 bits per heavy atom. The molecule has 0 aliphatic heterocycles. The van der Waals surface area contributed by atoms with Gasteiger partial charge in [-0.2, -0.15) is 0 Å². The normalized spacial score (nSPS) is 10.8. The van der Waals surface area contributed by atoms with E-state index in [-0.39, 0.29) is 11.6 Å². The number of ether oxygens (including phenoxy) is 3. The van der Waals surface area contributed by atoms with E-state index in [1.54, 1.807) is 0 Å². The second-order valence-corrected chi connectivity index (χ2v) is 6.62. The molecule has 2 aromatic carbocycles. The first-order chi connectivity index (χ1) is 14.3. The molecule has 0 saturated carbocycles. The first-order valence-electron chi connectivity index (χ1n) is 10.2. The Bertz CT molecular complexity index is 638. The molecule has 5 heteroatoms. The van der Waals surface area contributed by atoms with Crippen LogP contribution in [0.1, 0.15) is 46.4 Å². The second kappa shape index (κ2) is 14.6. The Kier molecular flexibility index (Phi) is 11.6. The fraction of sp³-hybridized carbons (Fsp3) is 0.417. The Morgan fingerprint density at radius 3 is 1.24 bits per heavy atom. The van der Waals surface area contributed by atoms with Crippen molar-refractivity contribution in [3.8, 4) is 0 Å². The zero-order chi connectivity index (χ0) is 20.6. The van der Waals surface area contributed by atoms with Crippen molar-refractivity contribution in [2.24, 2.45) is 0 Å². The molecule has 0 N–H and O–H groups in total. The highest BCUT2D eigenvalue weighted by Gasteiger charge is 2.05. The molecule has 0 aliphatic carbocycles. The third-order valence-corrected chi connectivity index (χ3v) is 4.32. The van der Waals surface area contributed by atoms with Crippen molar-refractivity contribution in [3.63, 3.8) is 0 Å². The standard InChI is InChI=1S/C24H30O5/c25-23(21-9-3-1-4-10-21)13-7-15-27-17-19-29-20-18-28-16-8-14-24(26)22-11-5-2-6-12-22/h1-6,9-12H,7-8,13-20H2. The summed E-state index contributed by atoms with van der Waals surface area (Å²) in [6.45, 7) is 3.11. The summed E-state index contributed by atoms with van der Waals surface area (Å²) in [5.41, 5.74) is 1.50. The molecule has 0 radical (unpaired) electrons. The van der Waals surface area contributed by atoms with E-state index in [1.807, 2.05) is 60.7 Å². The van der Waals surface area contributed by atoms with Gasteiger partial charge < -0.3 is 14.2 Å². The van der Waals surface area contributed by atoms with Crippen LogP contribution < -0.4 is 0 Å². The molecule has 0 fully saturated rings. The van der Waals surface area contributed by atoms with Gasteiger partial charge in [0.25, 0.3) is 0 Å². The fourth-order valence-corrected chi connectivity index (χ4v) is 2.75. The van der Waals surface area contributed by atoms with Crippen LogP contribution in [0.25, 0.3) is 0 Å². The van der Waals surface area contributed by atoms with E-state index in [4.69, 9.17) is 14.2 Å². The Labute approximate surface area is 173 Å². The van der Waals surface area contributed by atoms with Gasteiger partial charge in [0.2, 0.25) is 0 Å². The van der Waals surface area contributed by atoms with Crippen molar-refractivity contribution in [3.05, 3.63) is 71.8 Å². The molecule has 0 saturated heterocycles. The molecule has 156 valence electrons. The molecule has 0 atom stereocenters. The maximum atomic E-state index is 11.9. The Balaban J connectivity index is 1.34. The summed E-state index contributed by atoms with van der Waals surface area (Å²) in [6.07, 6.45) is 2.40. The maximum Gasteiger partial charge on any atom is 0.162 e. The summed E-state index contributed by atoms with van der Waals surface area (Å²) in [7, 11) is 0. The van der Waals surface area contributed by atoms with Crippen LogP contribution in [0.4, 0.5) is 0 Å². The molecular formula is C24H30O5. The number of carbonyl (C=O) groups excluding carboxylic acids is 2. The largest absolute Gasteiger partial charge is 0.379 e. The molecule has 0 aromatic heterocycles. The minimum atomic E-state index is 0.146. The van der Waals surface area contributed by atoms with Crippen molar-refractivity contribution in [2.75, 3.05) is 39.6 Å². The lowest BCUT2D eigenvalue weighted by molar-refractivity contribution is 0.0134. The van der Waals surface area contributed by atoms with Crippen LogP contribution in [-0.4, -0.2) is 51.2 Å². The average molecular weight is 398 g/mol. The Hall–Kier alpha value is -2.34. The first kappa shape index (κ1) is 22.9. The highest BCUT2D eigenvalue weighted by Crippen LogP contribution is 2.06. The predicted octanol–water partition coefficient (Wildman–Crippen LogP) is 4.36. The molecule has 0 amide bonds. The summed E-state index contributed by atoms with van der Waals surface area (Å²) in [5.74, 6) is 0.293. The molecule has 0 unspecified atom stereocenters. The third-order valence-electron chi connectivity index (χ3n) is 4.32. The smallest absolute Gasteiger partial charge is 0.162 e. The van der Waals surface area contributed by atoms with E-state index in [9.17, 15) is 9.59 Å². The minimum absolute atomic E-state index is 0.146. The van der Waals surface area contributed by atoms with Crippen LogP contribution >= 0.6 is 0 Å². The highest BCUT2D eigenvalue weighted by atomic mass is 16.5. The van der Waals surface area contributed by atoms with Crippen molar-refractivity contribution in [1.29, 1.82) is 0 Å². The minimum Gasteiger partial charge on any atom is -0.379 e. The van der Waals surface area contributed by atoms with Gasteiger partial charge in [0.15, 0.2) is 11.6 Å². The monoisotopic (exact) mass is 398 g/mol. The van der Waals surface area contributed by atoms with Gasteiger partial charge in [-0.15, -0.1) is 0 Å². The number of carbonyl (C=O) groups is 2. The third kappa shape index (κ3) is 10.1. The van der Waals surface area contributed by atoms with Crippen LogP contribution in [0, 0.1) is 0 Å². The van der Waals surface area contributed by atoms with Gasteiger partial charge in [-0.25, -0.2) is 0 Å². The van der Waals surface area contributed by atoms with Gasteiger partial charge >= 0.3 is 0 Å². The van der Waals surface area contributed by atoms with Gasteiger partial charge in [0.05, 0.1) is 26.4 Å². The number of benzene rings is 2. The number of ketones is 2. The van der Waals surface area contributed by atoms with Gasteiger partial charge in [0, 0.05) is 37.2 Å². The van der Waals surface area contributed by atoms with Gasteiger partial charge in [-0.1, -0.05) is 60.7 Å². The van der Waals surface area contributed by atoms with Crippen molar-refractivity contribution >= 4 is 11.6 Å². The SMILES string of the molecule is O=C(CCCOCCOCCOCCCC(=O)c1ccccc1)c1ccccc1. The molecule has 2 aromatic rings. The number of hydrogen-bond donors (Lipinski definition) is 0. The molecule has 0 spiro atoms. The lowest BCUT2D eigenvalue weighted by atomic mass is 10.1. The number of hydrogen-bond acceptors (Lipinski definition) is 5. The lowest BCUT2D eigenvalue weighted by Gasteiger charge is -2.07. The number of rotatable bonds is 16. The van der Waals surface area contributed by atoms with Crippen LogP contribution in [0.3, 0.4) is 0 Å². The summed E-state index contributed by atoms with van der Waals surface area (Å²) >= 11 is 0. The van der Waals surface area contributed by atoms with Crippen LogP contribution in [0.2, 0.25) is 0 Å². The van der Waals surface area contributed by atoms with E-state index in [0.29, 0.717) is 65.3 Å². The molecule has 29 heavy (non-hydrogen) atoms. The molecular weight excluding hydrogens is 368 g/mol. The van der Waals surface area contributed by atoms with E-state index < -0.39 is 0 Å². The van der Waals surface area contributed by atoms with E-state index in [1.165, 1.54) is 0 Å². The van der Waals surface area contributed by atoms with Crippen LogP contribution in [0.5, 0.6) is 0 Å². The molecule has 0 bridgehead atoms. The average Bonchev–Trinajstić information content (AvgIpc) is 2.77. The van der Waals surface area contributed by atoms with E-state index in [2.05, 4.69) is 0 Å². The second-order valence-electron chi connectivity index (χ2n) is 6.62. The van der Waals surface area contributed by atoms with Gasteiger partial charge in [0.1, 0.15) is 0 Å². The zero-order valence-corrected chi connectivity index (χ0v) is 16.9.